The molecule has 1 aliphatic heterocycles. The fourth-order valence-corrected chi connectivity index (χ4v) is 3.22. The first-order valence-electron chi connectivity index (χ1n) is 8.08. The van der Waals surface area contributed by atoms with E-state index in [0.29, 0.717) is 40.4 Å². The summed E-state index contributed by atoms with van der Waals surface area (Å²) in [6, 6.07) is 13.1. The largest absolute Gasteiger partial charge is 0.348 e. The number of rotatable bonds is 2. The lowest BCUT2D eigenvalue weighted by molar-refractivity contribution is 0.0966. The molecule has 3 aromatic carbocycles. The first-order chi connectivity index (χ1) is 13.0. The normalized spacial score (nSPS) is 12.4. The fraction of sp³-hybridized carbons (Fsp3) is 0.0476. The molecular weight excluding hydrogens is 353 g/mol. The number of nitriles is 1. The van der Waals surface area contributed by atoms with E-state index >= 15 is 0 Å². The summed E-state index contributed by atoms with van der Waals surface area (Å²) in [6.07, 6.45) is 0. The van der Waals surface area contributed by atoms with Gasteiger partial charge in [-0.3, -0.25) is 4.79 Å². The van der Waals surface area contributed by atoms with Gasteiger partial charge in [0.05, 0.1) is 11.6 Å². The summed E-state index contributed by atoms with van der Waals surface area (Å²) in [4.78, 5) is 12.0. The van der Waals surface area contributed by atoms with E-state index in [0.717, 1.165) is 6.07 Å². The molecule has 27 heavy (non-hydrogen) atoms. The van der Waals surface area contributed by atoms with Gasteiger partial charge in [0, 0.05) is 23.7 Å². The number of halogens is 3. The first-order valence-corrected chi connectivity index (χ1v) is 8.08. The third kappa shape index (κ3) is 2.83. The van der Waals surface area contributed by atoms with Gasteiger partial charge in [-0.2, -0.15) is 5.26 Å². The maximum atomic E-state index is 14.4. The van der Waals surface area contributed by atoms with Gasteiger partial charge in [-0.15, -0.1) is 0 Å². The van der Waals surface area contributed by atoms with Gasteiger partial charge < -0.3 is 5.32 Å². The highest BCUT2D eigenvalue weighted by molar-refractivity contribution is 6.01. The Morgan fingerprint density at radius 2 is 1.63 bits per heavy atom. The van der Waals surface area contributed by atoms with Crippen LogP contribution < -0.4 is 5.32 Å². The summed E-state index contributed by atoms with van der Waals surface area (Å²) in [7, 11) is 0. The number of fused-ring (bicyclic) bond motifs is 1. The van der Waals surface area contributed by atoms with Crippen LogP contribution in [0.1, 0.15) is 21.5 Å². The molecular formula is C21H11F3N2O. The average molecular weight is 364 g/mol. The van der Waals surface area contributed by atoms with E-state index in [9.17, 15) is 18.0 Å². The predicted molar refractivity (Wildman–Crippen MR) is 93.1 cm³/mol. The standard InChI is InChI=1S/C21H11F3N2O/c22-18-8-20(24)19(23)7-17(18)16-6-15-13(10-26-21(15)27)5-14(16)12-3-1-2-11(4-12)9-25/h1-8H,10H2,(H,26,27). The molecule has 3 nitrogen and oxygen atoms in total. The summed E-state index contributed by atoms with van der Waals surface area (Å²) in [5, 5.41) is 11.8. The molecule has 1 heterocycles. The molecule has 0 radical (unpaired) electrons. The minimum atomic E-state index is -1.29. The van der Waals surface area contributed by atoms with Crippen LogP contribution in [-0.4, -0.2) is 5.91 Å². The number of benzene rings is 3. The summed E-state index contributed by atoms with van der Waals surface area (Å²) >= 11 is 0. The van der Waals surface area contributed by atoms with Crippen molar-refractivity contribution in [2.45, 2.75) is 6.54 Å². The maximum Gasteiger partial charge on any atom is 0.251 e. The number of amides is 1. The van der Waals surface area contributed by atoms with Gasteiger partial charge in [0.25, 0.3) is 5.91 Å². The monoisotopic (exact) mass is 364 g/mol. The summed E-state index contributed by atoms with van der Waals surface area (Å²) < 4.78 is 41.6. The van der Waals surface area contributed by atoms with Gasteiger partial charge in [0.2, 0.25) is 0 Å². The molecule has 132 valence electrons. The molecule has 1 N–H and O–H groups in total. The average Bonchev–Trinajstić information content (AvgIpc) is 3.04. The van der Waals surface area contributed by atoms with Crippen molar-refractivity contribution < 1.29 is 18.0 Å². The van der Waals surface area contributed by atoms with Gasteiger partial charge in [0.1, 0.15) is 5.82 Å². The van der Waals surface area contributed by atoms with Crippen LogP contribution in [-0.2, 0) is 6.54 Å². The molecule has 0 unspecified atom stereocenters. The summed E-state index contributed by atoms with van der Waals surface area (Å²) in [5.74, 6) is -3.73. The third-order valence-electron chi connectivity index (χ3n) is 4.53. The number of nitrogens with one attached hydrogen (secondary N) is 1. The van der Waals surface area contributed by atoms with E-state index in [2.05, 4.69) is 5.32 Å². The lowest BCUT2D eigenvalue weighted by Crippen LogP contribution is -2.12. The molecule has 0 saturated heterocycles. The maximum absolute atomic E-state index is 14.4. The Hall–Kier alpha value is -3.59. The van der Waals surface area contributed by atoms with Crippen LogP contribution in [0.4, 0.5) is 13.2 Å². The van der Waals surface area contributed by atoms with Crippen LogP contribution in [0.25, 0.3) is 22.3 Å². The number of carbonyl (C=O) groups excluding carboxylic acids is 1. The van der Waals surface area contributed by atoms with E-state index in [4.69, 9.17) is 5.26 Å². The van der Waals surface area contributed by atoms with Crippen molar-refractivity contribution in [1.29, 1.82) is 5.26 Å². The van der Waals surface area contributed by atoms with E-state index in [1.54, 1.807) is 30.3 Å². The van der Waals surface area contributed by atoms with E-state index in [1.165, 1.54) is 6.07 Å². The topological polar surface area (TPSA) is 52.9 Å². The second kappa shape index (κ2) is 6.29. The van der Waals surface area contributed by atoms with Crippen molar-refractivity contribution in [3.05, 3.63) is 82.7 Å². The fourth-order valence-electron chi connectivity index (χ4n) is 3.22. The number of nitrogens with zero attached hydrogens (tertiary/aromatic N) is 1. The second-order valence-electron chi connectivity index (χ2n) is 6.18. The van der Waals surface area contributed by atoms with E-state index in [1.807, 2.05) is 6.07 Å². The van der Waals surface area contributed by atoms with Crippen molar-refractivity contribution in [1.82, 2.24) is 5.32 Å². The Kier molecular flexibility index (Phi) is 3.93. The summed E-state index contributed by atoms with van der Waals surface area (Å²) in [6.45, 7) is 0.319. The van der Waals surface area contributed by atoms with Crippen molar-refractivity contribution in [2.75, 3.05) is 0 Å². The Balaban J connectivity index is 2.03. The van der Waals surface area contributed by atoms with Crippen molar-refractivity contribution in [2.24, 2.45) is 0 Å². The minimum absolute atomic E-state index is 0.159. The molecule has 0 fully saturated rings. The molecule has 0 atom stereocenters. The van der Waals surface area contributed by atoms with Crippen LogP contribution in [0.15, 0.2) is 48.5 Å². The molecule has 3 aromatic rings. The first kappa shape index (κ1) is 16.9. The Morgan fingerprint density at radius 3 is 2.41 bits per heavy atom. The molecule has 4 rings (SSSR count). The van der Waals surface area contributed by atoms with Crippen molar-refractivity contribution in [3.8, 4) is 28.3 Å². The van der Waals surface area contributed by atoms with Gasteiger partial charge in [-0.05, 0) is 52.6 Å². The molecule has 6 heteroatoms. The molecule has 1 aliphatic rings. The van der Waals surface area contributed by atoms with Crippen molar-refractivity contribution >= 4 is 5.91 Å². The van der Waals surface area contributed by atoms with E-state index in [-0.39, 0.29) is 17.0 Å². The zero-order valence-corrected chi connectivity index (χ0v) is 13.8. The smallest absolute Gasteiger partial charge is 0.251 e. The Morgan fingerprint density at radius 1 is 0.852 bits per heavy atom. The number of hydrogen-bond donors (Lipinski definition) is 1. The molecule has 0 bridgehead atoms. The molecule has 0 aliphatic carbocycles. The predicted octanol–water partition coefficient (Wildman–Crippen LogP) is 4.55. The van der Waals surface area contributed by atoms with E-state index < -0.39 is 17.5 Å². The minimum Gasteiger partial charge on any atom is -0.348 e. The SMILES string of the molecule is N#Cc1cccc(-c2cc3c(cc2-c2cc(F)c(F)cc2F)C(=O)NC3)c1. The third-order valence-corrected chi connectivity index (χ3v) is 4.53. The Labute approximate surface area is 152 Å². The molecule has 0 aromatic heterocycles. The van der Waals surface area contributed by atoms with Crippen LogP contribution in [0.2, 0.25) is 0 Å². The summed E-state index contributed by atoms with van der Waals surface area (Å²) in [5.41, 5.74) is 2.69. The second-order valence-corrected chi connectivity index (χ2v) is 6.18. The zero-order chi connectivity index (χ0) is 19.1. The van der Waals surface area contributed by atoms with Crippen molar-refractivity contribution in [3.63, 3.8) is 0 Å². The van der Waals surface area contributed by atoms with Crippen LogP contribution in [0.3, 0.4) is 0 Å². The zero-order valence-electron chi connectivity index (χ0n) is 13.8. The van der Waals surface area contributed by atoms with Crippen LogP contribution in [0.5, 0.6) is 0 Å². The quantitative estimate of drug-likeness (QED) is 0.678. The van der Waals surface area contributed by atoms with Gasteiger partial charge >= 0.3 is 0 Å². The Bertz CT molecular complexity index is 1150. The highest BCUT2D eigenvalue weighted by atomic mass is 19.2. The van der Waals surface area contributed by atoms with Crippen LogP contribution in [0, 0.1) is 28.8 Å². The lowest BCUT2D eigenvalue weighted by Gasteiger charge is -2.14. The van der Waals surface area contributed by atoms with Gasteiger partial charge in [-0.1, -0.05) is 12.1 Å². The number of carbonyl (C=O) groups is 1. The molecule has 1 amide bonds. The number of hydrogen-bond acceptors (Lipinski definition) is 2. The highest BCUT2D eigenvalue weighted by Crippen LogP contribution is 2.38. The van der Waals surface area contributed by atoms with Crippen LogP contribution >= 0.6 is 0 Å². The highest BCUT2D eigenvalue weighted by Gasteiger charge is 2.24. The molecule has 0 spiro atoms. The van der Waals surface area contributed by atoms with Gasteiger partial charge in [-0.25, -0.2) is 13.2 Å². The lowest BCUT2D eigenvalue weighted by atomic mass is 9.90. The molecule has 0 saturated carbocycles. The van der Waals surface area contributed by atoms with Gasteiger partial charge in [0.15, 0.2) is 11.6 Å².